The molecule has 0 radical (unpaired) electrons. The summed E-state index contributed by atoms with van der Waals surface area (Å²) in [5.74, 6) is 1.55. The standard InChI is InChI=1S/C17H28N2O3/c1-12(2)11-22-17(21)18-7-5-14(6-8-18)16(20)19-10-13-3-4-15(19)9-13/h12-15H,3-11H2,1-2H3. The monoisotopic (exact) mass is 308 g/mol. The number of hydrogen-bond donors (Lipinski definition) is 0. The molecule has 3 rings (SSSR count). The van der Waals surface area contributed by atoms with Crippen molar-refractivity contribution in [1.29, 1.82) is 0 Å². The van der Waals surface area contributed by atoms with Crippen molar-refractivity contribution >= 4 is 12.0 Å². The quantitative estimate of drug-likeness (QED) is 0.805. The summed E-state index contributed by atoms with van der Waals surface area (Å²) >= 11 is 0. The van der Waals surface area contributed by atoms with Gasteiger partial charge in [0.2, 0.25) is 5.91 Å². The highest BCUT2D eigenvalue weighted by atomic mass is 16.6. The molecule has 0 spiro atoms. The van der Waals surface area contributed by atoms with Gasteiger partial charge in [0.1, 0.15) is 0 Å². The molecule has 2 aliphatic heterocycles. The summed E-state index contributed by atoms with van der Waals surface area (Å²) in [5, 5.41) is 0. The Labute approximate surface area is 133 Å². The van der Waals surface area contributed by atoms with Crippen LogP contribution >= 0.6 is 0 Å². The molecule has 3 aliphatic rings. The Balaban J connectivity index is 1.45. The molecule has 2 saturated heterocycles. The Bertz CT molecular complexity index is 430. The van der Waals surface area contributed by atoms with Gasteiger partial charge in [0, 0.05) is 31.6 Å². The van der Waals surface area contributed by atoms with E-state index in [1.54, 1.807) is 4.90 Å². The second-order valence-corrected chi connectivity index (χ2v) is 7.56. The first-order chi connectivity index (χ1) is 10.5. The largest absolute Gasteiger partial charge is 0.449 e. The number of nitrogens with zero attached hydrogens (tertiary/aromatic N) is 2. The zero-order valence-electron chi connectivity index (χ0n) is 13.8. The van der Waals surface area contributed by atoms with Crippen LogP contribution < -0.4 is 0 Å². The van der Waals surface area contributed by atoms with Crippen LogP contribution in [0.5, 0.6) is 0 Å². The summed E-state index contributed by atoms with van der Waals surface area (Å²) in [4.78, 5) is 28.5. The molecule has 2 unspecified atom stereocenters. The van der Waals surface area contributed by atoms with E-state index in [4.69, 9.17) is 4.74 Å². The van der Waals surface area contributed by atoms with E-state index in [9.17, 15) is 9.59 Å². The number of rotatable bonds is 3. The van der Waals surface area contributed by atoms with E-state index in [1.165, 1.54) is 19.3 Å². The number of carbonyl (C=O) groups excluding carboxylic acids is 2. The molecule has 0 aromatic carbocycles. The van der Waals surface area contributed by atoms with Crippen LogP contribution in [0.2, 0.25) is 0 Å². The van der Waals surface area contributed by atoms with Gasteiger partial charge in [-0.1, -0.05) is 13.8 Å². The lowest BCUT2D eigenvalue weighted by Gasteiger charge is -2.35. The van der Waals surface area contributed by atoms with E-state index in [0.29, 0.717) is 37.6 Å². The number of fused-ring (bicyclic) bond motifs is 2. The first kappa shape index (κ1) is 15.6. The summed E-state index contributed by atoms with van der Waals surface area (Å²) in [6, 6.07) is 0.506. The van der Waals surface area contributed by atoms with Crippen LogP contribution in [0.4, 0.5) is 4.79 Å². The normalized spacial score (nSPS) is 28.5. The lowest BCUT2D eigenvalue weighted by atomic mass is 9.94. The fourth-order valence-electron chi connectivity index (χ4n) is 4.07. The lowest BCUT2D eigenvalue weighted by Crippen LogP contribution is -2.46. The molecule has 3 fully saturated rings. The van der Waals surface area contributed by atoms with Gasteiger partial charge in [0.15, 0.2) is 0 Å². The molecule has 5 nitrogen and oxygen atoms in total. The average molecular weight is 308 g/mol. The van der Waals surface area contributed by atoms with Crippen LogP contribution in [-0.2, 0) is 9.53 Å². The molecule has 0 aromatic heterocycles. The maximum absolute atomic E-state index is 12.7. The van der Waals surface area contributed by atoms with Gasteiger partial charge in [-0.3, -0.25) is 4.79 Å². The molecule has 5 heteroatoms. The van der Waals surface area contributed by atoms with E-state index in [0.717, 1.165) is 25.3 Å². The predicted octanol–water partition coefficient (Wildman–Crippen LogP) is 2.50. The first-order valence-electron chi connectivity index (χ1n) is 8.76. The van der Waals surface area contributed by atoms with Crippen LogP contribution in [0.3, 0.4) is 0 Å². The molecule has 1 saturated carbocycles. The van der Waals surface area contributed by atoms with Crippen molar-refractivity contribution < 1.29 is 14.3 Å². The highest BCUT2D eigenvalue weighted by molar-refractivity contribution is 5.80. The second-order valence-electron chi connectivity index (χ2n) is 7.56. The fraction of sp³-hybridized carbons (Fsp3) is 0.882. The Morgan fingerprint density at radius 3 is 2.41 bits per heavy atom. The number of ether oxygens (including phenoxy) is 1. The number of piperidine rings is 2. The fourth-order valence-corrected chi connectivity index (χ4v) is 4.07. The Morgan fingerprint density at radius 1 is 1.14 bits per heavy atom. The van der Waals surface area contributed by atoms with Gasteiger partial charge >= 0.3 is 6.09 Å². The first-order valence-corrected chi connectivity index (χ1v) is 8.76. The molecule has 22 heavy (non-hydrogen) atoms. The summed E-state index contributed by atoms with van der Waals surface area (Å²) in [5.41, 5.74) is 0. The van der Waals surface area contributed by atoms with Crippen LogP contribution in [-0.4, -0.2) is 54.1 Å². The highest BCUT2D eigenvalue weighted by Gasteiger charge is 2.42. The topological polar surface area (TPSA) is 49.9 Å². The number of amides is 2. The van der Waals surface area contributed by atoms with E-state index in [-0.39, 0.29) is 12.0 Å². The van der Waals surface area contributed by atoms with E-state index >= 15 is 0 Å². The maximum Gasteiger partial charge on any atom is 0.409 e. The lowest BCUT2D eigenvalue weighted by molar-refractivity contribution is -0.138. The smallest absolute Gasteiger partial charge is 0.409 e. The van der Waals surface area contributed by atoms with Crippen molar-refractivity contribution in [1.82, 2.24) is 9.80 Å². The molecule has 1 aliphatic carbocycles. The molecule has 2 atom stereocenters. The van der Waals surface area contributed by atoms with Gasteiger partial charge < -0.3 is 14.5 Å². The molecular weight excluding hydrogens is 280 g/mol. The Kier molecular flexibility index (Phi) is 4.59. The minimum Gasteiger partial charge on any atom is -0.449 e. The van der Waals surface area contributed by atoms with Crippen LogP contribution in [0, 0.1) is 17.8 Å². The average Bonchev–Trinajstić information content (AvgIpc) is 3.15. The third-order valence-electron chi connectivity index (χ3n) is 5.33. The Morgan fingerprint density at radius 2 is 1.86 bits per heavy atom. The molecule has 0 aromatic rings. The summed E-state index contributed by atoms with van der Waals surface area (Å²) in [6.45, 7) is 6.79. The molecule has 2 amide bonds. The zero-order chi connectivity index (χ0) is 15.7. The Hall–Kier alpha value is -1.26. The summed E-state index contributed by atoms with van der Waals surface area (Å²) in [6.07, 6.45) is 5.05. The van der Waals surface area contributed by atoms with Gasteiger partial charge in [-0.15, -0.1) is 0 Å². The van der Waals surface area contributed by atoms with Crippen molar-refractivity contribution in [2.45, 2.75) is 52.0 Å². The van der Waals surface area contributed by atoms with Crippen molar-refractivity contribution in [3.8, 4) is 0 Å². The highest BCUT2D eigenvalue weighted by Crippen LogP contribution is 2.38. The van der Waals surface area contributed by atoms with E-state index < -0.39 is 0 Å². The molecular formula is C17H28N2O3. The SMILES string of the molecule is CC(C)COC(=O)N1CCC(C(=O)N2CC3CCC2C3)CC1. The van der Waals surface area contributed by atoms with E-state index in [2.05, 4.69) is 4.90 Å². The minimum atomic E-state index is -0.222. The van der Waals surface area contributed by atoms with Gasteiger partial charge in [0.05, 0.1) is 6.61 Å². The van der Waals surface area contributed by atoms with Gasteiger partial charge in [-0.2, -0.15) is 0 Å². The van der Waals surface area contributed by atoms with Gasteiger partial charge in [-0.05, 0) is 43.9 Å². The molecule has 124 valence electrons. The third-order valence-corrected chi connectivity index (χ3v) is 5.33. The minimum absolute atomic E-state index is 0.105. The van der Waals surface area contributed by atoms with E-state index in [1.807, 2.05) is 13.8 Å². The second kappa shape index (κ2) is 6.47. The van der Waals surface area contributed by atoms with Crippen LogP contribution in [0.15, 0.2) is 0 Å². The zero-order valence-corrected chi connectivity index (χ0v) is 13.8. The number of likely N-dealkylation sites (tertiary alicyclic amines) is 2. The number of hydrogen-bond acceptors (Lipinski definition) is 3. The van der Waals surface area contributed by atoms with Crippen molar-refractivity contribution in [3.05, 3.63) is 0 Å². The van der Waals surface area contributed by atoms with Crippen molar-refractivity contribution in [3.63, 3.8) is 0 Å². The van der Waals surface area contributed by atoms with Crippen LogP contribution in [0.25, 0.3) is 0 Å². The summed E-state index contributed by atoms with van der Waals surface area (Å²) in [7, 11) is 0. The maximum atomic E-state index is 12.7. The summed E-state index contributed by atoms with van der Waals surface area (Å²) < 4.78 is 5.27. The molecule has 2 heterocycles. The molecule has 2 bridgehead atoms. The third kappa shape index (κ3) is 3.23. The van der Waals surface area contributed by atoms with Crippen molar-refractivity contribution in [2.75, 3.05) is 26.2 Å². The predicted molar refractivity (Wildman–Crippen MR) is 83.3 cm³/mol. The van der Waals surface area contributed by atoms with Crippen molar-refractivity contribution in [2.24, 2.45) is 17.8 Å². The van der Waals surface area contributed by atoms with Gasteiger partial charge in [0.25, 0.3) is 0 Å². The number of carbonyl (C=O) groups is 2. The molecule has 0 N–H and O–H groups in total. The van der Waals surface area contributed by atoms with Gasteiger partial charge in [-0.25, -0.2) is 4.79 Å². The van der Waals surface area contributed by atoms with Crippen LogP contribution in [0.1, 0.15) is 46.0 Å².